The molecule has 0 spiro atoms. The molecular weight excluding hydrogens is 699 g/mol. The maximum atomic E-state index is 6.49. The fourth-order valence-electron chi connectivity index (χ4n) is 8.61. The highest BCUT2D eigenvalue weighted by Crippen LogP contribution is 2.43. The predicted octanol–water partition coefficient (Wildman–Crippen LogP) is 13.0. The number of benzene rings is 8. The average molecular weight is 730 g/mol. The van der Waals surface area contributed by atoms with Gasteiger partial charge >= 0.3 is 0 Å². The summed E-state index contributed by atoms with van der Waals surface area (Å²) in [6, 6.07) is 65.6. The summed E-state index contributed by atoms with van der Waals surface area (Å²) in [5.74, 6) is 1.87. The fourth-order valence-corrected chi connectivity index (χ4v) is 8.61. The van der Waals surface area contributed by atoms with E-state index in [9.17, 15) is 0 Å². The molecule has 0 amide bonds. The van der Waals surface area contributed by atoms with Gasteiger partial charge in [-0.1, -0.05) is 121 Å². The molecule has 6 heteroatoms. The van der Waals surface area contributed by atoms with Gasteiger partial charge in [-0.25, -0.2) is 15.0 Å². The molecule has 4 aromatic heterocycles. The number of hydrogen-bond acceptors (Lipinski definition) is 4. The minimum atomic E-state index is 0.606. The van der Waals surface area contributed by atoms with Crippen molar-refractivity contribution in [2.24, 2.45) is 0 Å². The standard InChI is InChI=1S/C51H31N5O/c1-4-14-32(15-5-1)49-52-50(33-16-6-2-7-17-33)54-51(53-49)34-24-28-45-40(30-34)41-31-36(25-29-46(41)57-45)56-42-22-12-10-20-37(42)38-26-27-44-47(48(38)56)39-21-11-13-23-43(39)55(44)35-18-8-3-9-19-35/h1-31H. The largest absolute Gasteiger partial charge is 0.456 e. The van der Waals surface area contributed by atoms with Crippen molar-refractivity contribution < 1.29 is 4.42 Å². The van der Waals surface area contributed by atoms with E-state index in [2.05, 4.69) is 124 Å². The second-order valence-electron chi connectivity index (χ2n) is 14.4. The van der Waals surface area contributed by atoms with E-state index >= 15 is 0 Å². The highest BCUT2D eigenvalue weighted by atomic mass is 16.3. The lowest BCUT2D eigenvalue weighted by atomic mass is 10.1. The van der Waals surface area contributed by atoms with Gasteiger partial charge in [0.2, 0.25) is 0 Å². The van der Waals surface area contributed by atoms with Crippen LogP contribution in [0.2, 0.25) is 0 Å². The molecule has 0 saturated heterocycles. The molecule has 6 nitrogen and oxygen atoms in total. The molecular formula is C51H31N5O. The molecule has 0 unspecified atom stereocenters. The van der Waals surface area contributed by atoms with Crippen LogP contribution >= 0.6 is 0 Å². The lowest BCUT2D eigenvalue weighted by Gasteiger charge is -2.10. The van der Waals surface area contributed by atoms with Gasteiger partial charge in [-0.15, -0.1) is 0 Å². The fraction of sp³-hybridized carbons (Fsp3) is 0. The summed E-state index contributed by atoms with van der Waals surface area (Å²) >= 11 is 0. The summed E-state index contributed by atoms with van der Waals surface area (Å²) in [4.78, 5) is 14.9. The zero-order valence-electron chi connectivity index (χ0n) is 30.5. The van der Waals surface area contributed by atoms with Gasteiger partial charge in [-0.2, -0.15) is 0 Å². The monoisotopic (exact) mass is 729 g/mol. The topological polar surface area (TPSA) is 61.7 Å². The summed E-state index contributed by atoms with van der Waals surface area (Å²) < 4.78 is 11.3. The van der Waals surface area contributed by atoms with Crippen molar-refractivity contribution in [3.05, 3.63) is 188 Å². The molecule has 12 rings (SSSR count). The Morgan fingerprint density at radius 2 is 0.877 bits per heavy atom. The molecule has 266 valence electrons. The van der Waals surface area contributed by atoms with E-state index in [0.29, 0.717) is 17.5 Å². The lowest BCUT2D eigenvalue weighted by Crippen LogP contribution is -2.00. The molecule has 0 saturated carbocycles. The SMILES string of the molecule is c1ccc(-c2nc(-c3ccccc3)nc(-c3ccc4oc5ccc(-n6c7ccccc7c7ccc8c(c9ccccc9n8-c8ccccc8)c76)cc5c4c3)n2)cc1. The second kappa shape index (κ2) is 12.3. The van der Waals surface area contributed by atoms with Crippen LogP contribution in [0.1, 0.15) is 0 Å². The Kier molecular flexibility index (Phi) is 6.83. The Balaban J connectivity index is 1.10. The molecule has 12 aromatic rings. The summed E-state index contributed by atoms with van der Waals surface area (Å²) in [7, 11) is 0. The van der Waals surface area contributed by atoms with Gasteiger partial charge in [0.1, 0.15) is 11.2 Å². The first kappa shape index (κ1) is 31.5. The van der Waals surface area contributed by atoms with Gasteiger partial charge in [-0.3, -0.25) is 0 Å². The lowest BCUT2D eigenvalue weighted by molar-refractivity contribution is 0.669. The van der Waals surface area contributed by atoms with Crippen LogP contribution in [0.25, 0.3) is 111 Å². The molecule has 57 heavy (non-hydrogen) atoms. The van der Waals surface area contributed by atoms with Crippen molar-refractivity contribution in [1.29, 1.82) is 0 Å². The highest BCUT2D eigenvalue weighted by molar-refractivity contribution is 6.26. The Morgan fingerprint density at radius 1 is 0.333 bits per heavy atom. The molecule has 0 radical (unpaired) electrons. The molecule has 8 aromatic carbocycles. The number of hydrogen-bond donors (Lipinski definition) is 0. The van der Waals surface area contributed by atoms with Gasteiger partial charge in [0.15, 0.2) is 17.5 Å². The van der Waals surface area contributed by atoms with Gasteiger partial charge in [0, 0.05) is 60.4 Å². The zero-order valence-corrected chi connectivity index (χ0v) is 30.5. The minimum absolute atomic E-state index is 0.606. The van der Waals surface area contributed by atoms with Crippen molar-refractivity contribution in [1.82, 2.24) is 24.1 Å². The molecule has 0 fully saturated rings. The Morgan fingerprint density at radius 3 is 1.56 bits per heavy atom. The first-order chi connectivity index (χ1) is 28.3. The highest BCUT2D eigenvalue weighted by Gasteiger charge is 2.22. The van der Waals surface area contributed by atoms with Gasteiger partial charge in [-0.05, 0) is 66.7 Å². The molecule has 0 aliphatic heterocycles. The van der Waals surface area contributed by atoms with Crippen LogP contribution in [0.3, 0.4) is 0 Å². The maximum absolute atomic E-state index is 6.49. The van der Waals surface area contributed by atoms with Crippen LogP contribution in [0, 0.1) is 0 Å². The predicted molar refractivity (Wildman–Crippen MR) is 232 cm³/mol. The number of furan rings is 1. The Hall–Kier alpha value is -7.83. The average Bonchev–Trinajstić information content (AvgIpc) is 3.94. The summed E-state index contributed by atoms with van der Waals surface area (Å²) in [6.07, 6.45) is 0. The van der Waals surface area contributed by atoms with E-state index in [1.807, 2.05) is 72.8 Å². The molecule has 0 N–H and O–H groups in total. The molecule has 0 aliphatic rings. The Labute approximate surface area is 326 Å². The summed E-state index contributed by atoms with van der Waals surface area (Å²) in [5, 5.41) is 6.89. The van der Waals surface area contributed by atoms with Crippen molar-refractivity contribution in [2.45, 2.75) is 0 Å². The quantitative estimate of drug-likeness (QED) is 0.177. The molecule has 0 aliphatic carbocycles. The van der Waals surface area contributed by atoms with E-state index in [1.54, 1.807) is 0 Å². The third-order valence-electron chi connectivity index (χ3n) is 11.2. The van der Waals surface area contributed by atoms with Crippen molar-refractivity contribution in [2.75, 3.05) is 0 Å². The third-order valence-corrected chi connectivity index (χ3v) is 11.2. The zero-order chi connectivity index (χ0) is 37.5. The van der Waals surface area contributed by atoms with E-state index in [1.165, 1.54) is 38.1 Å². The summed E-state index contributed by atoms with van der Waals surface area (Å²) in [5.41, 5.74) is 11.3. The van der Waals surface area contributed by atoms with Crippen LogP contribution in [-0.4, -0.2) is 24.1 Å². The molecule has 4 heterocycles. The number of para-hydroxylation sites is 3. The van der Waals surface area contributed by atoms with Gasteiger partial charge < -0.3 is 13.6 Å². The van der Waals surface area contributed by atoms with Gasteiger partial charge in [0.05, 0.1) is 22.1 Å². The third kappa shape index (κ3) is 4.87. The first-order valence-corrected chi connectivity index (χ1v) is 19.1. The smallest absolute Gasteiger partial charge is 0.164 e. The van der Waals surface area contributed by atoms with E-state index < -0.39 is 0 Å². The second-order valence-corrected chi connectivity index (χ2v) is 14.4. The number of nitrogens with zero attached hydrogens (tertiary/aromatic N) is 5. The summed E-state index contributed by atoms with van der Waals surface area (Å²) in [6.45, 7) is 0. The van der Waals surface area contributed by atoms with E-state index in [0.717, 1.165) is 55.5 Å². The van der Waals surface area contributed by atoms with Crippen LogP contribution in [-0.2, 0) is 0 Å². The molecule has 0 bridgehead atoms. The van der Waals surface area contributed by atoms with Crippen LogP contribution < -0.4 is 0 Å². The van der Waals surface area contributed by atoms with Crippen molar-refractivity contribution in [3.8, 4) is 45.5 Å². The van der Waals surface area contributed by atoms with Crippen LogP contribution in [0.5, 0.6) is 0 Å². The van der Waals surface area contributed by atoms with Crippen LogP contribution in [0.15, 0.2) is 192 Å². The van der Waals surface area contributed by atoms with Crippen molar-refractivity contribution >= 4 is 65.6 Å². The Bertz CT molecular complexity index is 3450. The van der Waals surface area contributed by atoms with E-state index in [4.69, 9.17) is 19.4 Å². The van der Waals surface area contributed by atoms with E-state index in [-0.39, 0.29) is 0 Å². The number of fused-ring (bicyclic) bond motifs is 10. The molecule has 0 atom stereocenters. The normalized spacial score (nSPS) is 11.9. The van der Waals surface area contributed by atoms with Crippen LogP contribution in [0.4, 0.5) is 0 Å². The number of aromatic nitrogens is 5. The number of rotatable bonds is 5. The van der Waals surface area contributed by atoms with Gasteiger partial charge in [0.25, 0.3) is 0 Å². The minimum Gasteiger partial charge on any atom is -0.456 e. The maximum Gasteiger partial charge on any atom is 0.164 e. The first-order valence-electron chi connectivity index (χ1n) is 19.1. The van der Waals surface area contributed by atoms with Crippen molar-refractivity contribution in [3.63, 3.8) is 0 Å².